The summed E-state index contributed by atoms with van der Waals surface area (Å²) in [7, 11) is 0. The number of rotatable bonds is 3. The molecule has 1 aliphatic carbocycles. The number of imidazole rings is 1. The fourth-order valence-corrected chi connectivity index (χ4v) is 3.69. The molecule has 1 spiro atoms. The quantitative estimate of drug-likeness (QED) is 0.870. The van der Waals surface area contributed by atoms with Gasteiger partial charge in [-0.25, -0.2) is 4.98 Å². The number of aliphatic carboxylic acids is 1. The molecule has 1 aliphatic heterocycles. The minimum atomic E-state index is -0.762. The highest BCUT2D eigenvalue weighted by atomic mass is 16.4. The van der Waals surface area contributed by atoms with E-state index in [1.165, 1.54) is 5.69 Å². The predicted molar refractivity (Wildman–Crippen MR) is 70.9 cm³/mol. The summed E-state index contributed by atoms with van der Waals surface area (Å²) in [6.07, 6.45) is 7.84. The van der Waals surface area contributed by atoms with E-state index in [1.807, 2.05) is 6.33 Å². The topological polar surface area (TPSA) is 67.2 Å². The Labute approximate surface area is 113 Å². The third kappa shape index (κ3) is 1.96. The molecule has 1 unspecified atom stereocenters. The largest absolute Gasteiger partial charge is 0.480 e. The van der Waals surface area contributed by atoms with Crippen molar-refractivity contribution in [2.75, 3.05) is 0 Å². The number of carboxylic acids is 1. The van der Waals surface area contributed by atoms with Crippen LogP contribution in [0.4, 0.5) is 0 Å². The highest BCUT2D eigenvalue weighted by molar-refractivity contribution is 5.74. The Balaban J connectivity index is 2.04. The summed E-state index contributed by atoms with van der Waals surface area (Å²) >= 11 is 0. The molecule has 1 aromatic rings. The second-order valence-corrected chi connectivity index (χ2v) is 5.76. The second kappa shape index (κ2) is 4.63. The van der Waals surface area contributed by atoms with E-state index in [4.69, 9.17) is 0 Å². The molecule has 5 heteroatoms. The summed E-state index contributed by atoms with van der Waals surface area (Å²) in [6, 6.07) is -0.490. The van der Waals surface area contributed by atoms with E-state index in [1.54, 1.807) is 0 Å². The Morgan fingerprint density at radius 2 is 2.32 bits per heavy atom. The van der Waals surface area contributed by atoms with Crippen molar-refractivity contribution in [3.8, 4) is 0 Å². The molecule has 0 saturated heterocycles. The van der Waals surface area contributed by atoms with Crippen LogP contribution in [-0.4, -0.2) is 26.7 Å². The zero-order valence-corrected chi connectivity index (χ0v) is 11.4. The molecule has 1 aromatic heterocycles. The van der Waals surface area contributed by atoms with E-state index in [-0.39, 0.29) is 5.54 Å². The summed E-state index contributed by atoms with van der Waals surface area (Å²) in [6.45, 7) is 3.12. The van der Waals surface area contributed by atoms with Gasteiger partial charge in [0.2, 0.25) is 0 Å². The normalized spacial score (nSPS) is 24.6. The van der Waals surface area contributed by atoms with E-state index < -0.39 is 12.0 Å². The van der Waals surface area contributed by atoms with Gasteiger partial charge in [0.25, 0.3) is 0 Å². The lowest BCUT2D eigenvalue weighted by molar-refractivity contribution is -0.140. The van der Waals surface area contributed by atoms with Crippen molar-refractivity contribution in [2.24, 2.45) is 0 Å². The number of aromatic nitrogens is 2. The molecule has 0 radical (unpaired) electrons. The van der Waals surface area contributed by atoms with Gasteiger partial charge in [0.15, 0.2) is 0 Å². The zero-order chi connectivity index (χ0) is 13.5. The maximum atomic E-state index is 11.3. The highest BCUT2D eigenvalue weighted by Gasteiger charge is 2.46. The molecule has 19 heavy (non-hydrogen) atoms. The Kier molecular flexibility index (Phi) is 3.09. The number of nitrogens with one attached hydrogen (secondary N) is 1. The Hall–Kier alpha value is -1.36. The van der Waals surface area contributed by atoms with Crippen LogP contribution in [0.3, 0.4) is 0 Å². The maximum Gasteiger partial charge on any atom is 0.321 e. The van der Waals surface area contributed by atoms with Gasteiger partial charge in [-0.15, -0.1) is 0 Å². The van der Waals surface area contributed by atoms with E-state index in [2.05, 4.69) is 21.8 Å². The van der Waals surface area contributed by atoms with Crippen LogP contribution >= 0.6 is 0 Å². The summed E-state index contributed by atoms with van der Waals surface area (Å²) < 4.78 is 2.23. The van der Waals surface area contributed by atoms with Crippen LogP contribution in [0.1, 0.15) is 50.4 Å². The van der Waals surface area contributed by atoms with Gasteiger partial charge in [0, 0.05) is 13.0 Å². The van der Waals surface area contributed by atoms with Crippen LogP contribution in [0, 0.1) is 0 Å². The number of carbonyl (C=O) groups is 1. The van der Waals surface area contributed by atoms with Crippen molar-refractivity contribution in [2.45, 2.75) is 63.6 Å². The van der Waals surface area contributed by atoms with Crippen LogP contribution < -0.4 is 5.32 Å². The fraction of sp³-hybridized carbons (Fsp3) is 0.714. The van der Waals surface area contributed by atoms with Crippen LogP contribution in [-0.2, 0) is 23.3 Å². The number of nitrogens with zero attached hydrogens (tertiary/aromatic N) is 2. The lowest BCUT2D eigenvalue weighted by Crippen LogP contribution is -2.55. The molecule has 0 bridgehead atoms. The number of hydrogen-bond donors (Lipinski definition) is 2. The number of fused-ring (bicyclic) bond motifs is 2. The van der Waals surface area contributed by atoms with Gasteiger partial charge in [-0.05, 0) is 19.3 Å². The first-order valence-corrected chi connectivity index (χ1v) is 7.21. The minimum Gasteiger partial charge on any atom is -0.480 e. The third-order valence-electron chi connectivity index (χ3n) is 4.43. The molecule has 1 atom stereocenters. The minimum absolute atomic E-state index is 0.150. The molecular formula is C14H21N3O2. The number of aryl methyl sites for hydroxylation is 1. The van der Waals surface area contributed by atoms with Gasteiger partial charge in [0.05, 0.1) is 23.3 Å². The van der Waals surface area contributed by atoms with Gasteiger partial charge in [-0.2, -0.15) is 0 Å². The molecule has 3 rings (SSSR count). The third-order valence-corrected chi connectivity index (χ3v) is 4.43. The molecule has 2 heterocycles. The van der Waals surface area contributed by atoms with Crippen molar-refractivity contribution in [3.63, 3.8) is 0 Å². The highest BCUT2D eigenvalue weighted by Crippen LogP contribution is 2.43. The monoisotopic (exact) mass is 263 g/mol. The molecule has 2 N–H and O–H groups in total. The van der Waals surface area contributed by atoms with Crippen LogP contribution in [0.2, 0.25) is 0 Å². The summed E-state index contributed by atoms with van der Waals surface area (Å²) in [5.74, 6) is -0.762. The molecule has 0 amide bonds. The van der Waals surface area contributed by atoms with E-state index in [0.29, 0.717) is 6.42 Å². The first-order valence-electron chi connectivity index (χ1n) is 7.21. The molecular weight excluding hydrogens is 242 g/mol. The van der Waals surface area contributed by atoms with E-state index in [0.717, 1.165) is 44.3 Å². The van der Waals surface area contributed by atoms with Gasteiger partial charge in [-0.1, -0.05) is 19.8 Å². The Morgan fingerprint density at radius 1 is 1.58 bits per heavy atom. The van der Waals surface area contributed by atoms with Crippen LogP contribution in [0.15, 0.2) is 6.33 Å². The van der Waals surface area contributed by atoms with Crippen molar-refractivity contribution < 1.29 is 9.90 Å². The van der Waals surface area contributed by atoms with Gasteiger partial charge < -0.3 is 9.67 Å². The molecule has 5 nitrogen and oxygen atoms in total. The van der Waals surface area contributed by atoms with E-state index >= 15 is 0 Å². The number of carboxylic acid groups (broad SMARTS) is 1. The van der Waals surface area contributed by atoms with Crippen LogP contribution in [0.5, 0.6) is 0 Å². The molecule has 1 saturated carbocycles. The van der Waals surface area contributed by atoms with E-state index in [9.17, 15) is 9.90 Å². The molecule has 1 fully saturated rings. The second-order valence-electron chi connectivity index (χ2n) is 5.76. The summed E-state index contributed by atoms with van der Waals surface area (Å²) in [4.78, 5) is 15.8. The van der Waals surface area contributed by atoms with Crippen molar-refractivity contribution in [1.82, 2.24) is 14.9 Å². The smallest absolute Gasteiger partial charge is 0.321 e. The van der Waals surface area contributed by atoms with Gasteiger partial charge >= 0.3 is 5.97 Å². The van der Waals surface area contributed by atoms with Crippen molar-refractivity contribution in [1.29, 1.82) is 0 Å². The van der Waals surface area contributed by atoms with Crippen molar-refractivity contribution >= 4 is 5.97 Å². The Bertz CT molecular complexity index is 489. The van der Waals surface area contributed by atoms with Gasteiger partial charge in [0.1, 0.15) is 6.04 Å². The van der Waals surface area contributed by atoms with Crippen LogP contribution in [0.25, 0.3) is 0 Å². The fourth-order valence-electron chi connectivity index (χ4n) is 3.69. The predicted octanol–water partition coefficient (Wildman–Crippen LogP) is 1.66. The first-order chi connectivity index (χ1) is 9.16. The average Bonchev–Trinajstić information content (AvgIpc) is 2.98. The lowest BCUT2D eigenvalue weighted by Gasteiger charge is -2.39. The maximum absolute atomic E-state index is 11.3. The molecule has 104 valence electrons. The summed E-state index contributed by atoms with van der Waals surface area (Å²) in [5, 5.41) is 12.7. The standard InChI is InChI=1S/C14H21N3O2/c1-2-7-17-9-15-10-8-11(13(18)19)16-14(12(10)17)5-3-4-6-14/h9,11,16H,2-8H2,1H3,(H,18,19). The zero-order valence-electron chi connectivity index (χ0n) is 11.4. The van der Waals surface area contributed by atoms with Crippen molar-refractivity contribution in [3.05, 3.63) is 17.7 Å². The Morgan fingerprint density at radius 3 is 2.95 bits per heavy atom. The average molecular weight is 263 g/mol. The number of hydrogen-bond acceptors (Lipinski definition) is 3. The molecule has 0 aromatic carbocycles. The summed E-state index contributed by atoms with van der Waals surface area (Å²) in [5.41, 5.74) is 2.09. The van der Waals surface area contributed by atoms with Gasteiger partial charge in [-0.3, -0.25) is 10.1 Å². The SMILES string of the molecule is CCCn1cnc2c1C1(CCCC1)NC(C(=O)O)C2. The first kappa shape index (κ1) is 12.7. The lowest BCUT2D eigenvalue weighted by atomic mass is 9.84. The molecule has 2 aliphatic rings.